The van der Waals surface area contributed by atoms with E-state index in [0.717, 1.165) is 5.56 Å². The number of halogens is 1. The van der Waals surface area contributed by atoms with E-state index in [2.05, 4.69) is 4.74 Å². The van der Waals surface area contributed by atoms with E-state index in [1.807, 2.05) is 30.3 Å². The van der Waals surface area contributed by atoms with E-state index in [9.17, 15) is 9.18 Å². The highest BCUT2D eigenvalue weighted by Crippen LogP contribution is 2.18. The first-order chi connectivity index (χ1) is 9.67. The standard InChI is InChI=1S/C16H15FO3/c1-19-16(18)9-13-7-14(17)10-15(8-13)20-11-12-5-3-2-4-6-12/h2-8,10H,9,11H2,1H3. The highest BCUT2D eigenvalue weighted by Gasteiger charge is 2.07. The molecule has 2 aromatic carbocycles. The average molecular weight is 274 g/mol. The summed E-state index contributed by atoms with van der Waals surface area (Å²) in [6.45, 7) is 0.349. The lowest BCUT2D eigenvalue weighted by Crippen LogP contribution is -2.05. The predicted octanol–water partition coefficient (Wildman–Crippen LogP) is 3.12. The summed E-state index contributed by atoms with van der Waals surface area (Å²) in [7, 11) is 1.30. The lowest BCUT2D eigenvalue weighted by molar-refractivity contribution is -0.139. The third-order valence-corrected chi connectivity index (χ3v) is 2.76. The van der Waals surface area contributed by atoms with Crippen molar-refractivity contribution < 1.29 is 18.7 Å². The second-order valence-corrected chi connectivity index (χ2v) is 4.32. The first-order valence-electron chi connectivity index (χ1n) is 6.20. The summed E-state index contributed by atoms with van der Waals surface area (Å²) in [5.41, 5.74) is 1.52. The molecule has 0 fully saturated rings. The van der Waals surface area contributed by atoms with E-state index >= 15 is 0 Å². The lowest BCUT2D eigenvalue weighted by atomic mass is 10.1. The van der Waals surface area contributed by atoms with Gasteiger partial charge in [0.25, 0.3) is 0 Å². The van der Waals surface area contributed by atoms with Crippen molar-refractivity contribution in [1.29, 1.82) is 0 Å². The van der Waals surface area contributed by atoms with Gasteiger partial charge in [-0.3, -0.25) is 4.79 Å². The van der Waals surface area contributed by atoms with Gasteiger partial charge >= 0.3 is 5.97 Å². The van der Waals surface area contributed by atoms with Crippen LogP contribution in [0.15, 0.2) is 48.5 Å². The molecule has 104 valence electrons. The van der Waals surface area contributed by atoms with E-state index in [1.165, 1.54) is 19.2 Å². The minimum atomic E-state index is -0.436. The fourth-order valence-corrected chi connectivity index (χ4v) is 1.79. The summed E-state index contributed by atoms with van der Waals surface area (Å²) in [6.07, 6.45) is 0.0238. The number of rotatable bonds is 5. The molecular weight excluding hydrogens is 259 g/mol. The fraction of sp³-hybridized carbons (Fsp3) is 0.188. The molecule has 0 saturated heterocycles. The molecule has 0 saturated carbocycles. The number of hydrogen-bond donors (Lipinski definition) is 0. The highest BCUT2D eigenvalue weighted by molar-refractivity contribution is 5.72. The topological polar surface area (TPSA) is 35.5 Å². The molecule has 2 rings (SSSR count). The summed E-state index contributed by atoms with van der Waals surface area (Å²) in [5.74, 6) is -0.452. The van der Waals surface area contributed by atoms with Gasteiger partial charge in [0, 0.05) is 6.07 Å². The van der Waals surface area contributed by atoms with Crippen LogP contribution in [0.4, 0.5) is 4.39 Å². The fourth-order valence-electron chi connectivity index (χ4n) is 1.79. The summed E-state index contributed by atoms with van der Waals surface area (Å²) in [4.78, 5) is 11.2. The van der Waals surface area contributed by atoms with Crippen molar-refractivity contribution in [2.75, 3.05) is 7.11 Å². The van der Waals surface area contributed by atoms with Gasteiger partial charge in [0.2, 0.25) is 0 Å². The number of methoxy groups -OCH3 is 1. The smallest absolute Gasteiger partial charge is 0.309 e. The first-order valence-corrected chi connectivity index (χ1v) is 6.20. The van der Waals surface area contributed by atoms with Gasteiger partial charge in [-0.15, -0.1) is 0 Å². The maximum Gasteiger partial charge on any atom is 0.309 e. The van der Waals surface area contributed by atoms with Crippen molar-refractivity contribution in [2.45, 2.75) is 13.0 Å². The van der Waals surface area contributed by atoms with Crippen LogP contribution in [0.3, 0.4) is 0 Å². The number of hydrogen-bond acceptors (Lipinski definition) is 3. The molecular formula is C16H15FO3. The van der Waals surface area contributed by atoms with Crippen molar-refractivity contribution in [3.63, 3.8) is 0 Å². The van der Waals surface area contributed by atoms with Gasteiger partial charge in [0.05, 0.1) is 13.5 Å². The van der Waals surface area contributed by atoms with Gasteiger partial charge in [0.15, 0.2) is 0 Å². The molecule has 0 aromatic heterocycles. The van der Waals surface area contributed by atoms with Crippen LogP contribution in [0.2, 0.25) is 0 Å². The Labute approximate surface area is 117 Å². The normalized spacial score (nSPS) is 10.1. The Morgan fingerprint density at radius 2 is 1.85 bits per heavy atom. The SMILES string of the molecule is COC(=O)Cc1cc(F)cc(OCc2ccccc2)c1. The number of ether oxygens (including phenoxy) is 2. The zero-order valence-corrected chi connectivity index (χ0v) is 11.1. The molecule has 0 unspecified atom stereocenters. The van der Waals surface area contributed by atoms with Crippen LogP contribution >= 0.6 is 0 Å². The molecule has 4 heteroatoms. The number of carbonyl (C=O) groups is 1. The molecule has 2 aromatic rings. The third-order valence-electron chi connectivity index (χ3n) is 2.76. The van der Waals surface area contributed by atoms with Crippen molar-refractivity contribution >= 4 is 5.97 Å². The van der Waals surface area contributed by atoms with Gasteiger partial charge in [-0.05, 0) is 23.3 Å². The Morgan fingerprint density at radius 1 is 1.10 bits per heavy atom. The van der Waals surface area contributed by atoms with E-state index in [0.29, 0.717) is 17.9 Å². The second kappa shape index (κ2) is 6.70. The third kappa shape index (κ3) is 4.09. The van der Waals surface area contributed by atoms with Gasteiger partial charge in [-0.25, -0.2) is 4.39 Å². The monoisotopic (exact) mass is 274 g/mol. The van der Waals surface area contributed by atoms with Crippen molar-refractivity contribution in [3.05, 3.63) is 65.5 Å². The van der Waals surface area contributed by atoms with Crippen LogP contribution in [0, 0.1) is 5.82 Å². The second-order valence-electron chi connectivity index (χ2n) is 4.32. The van der Waals surface area contributed by atoms with E-state index < -0.39 is 11.8 Å². The maximum absolute atomic E-state index is 13.5. The van der Waals surface area contributed by atoms with Crippen LogP contribution in [0.1, 0.15) is 11.1 Å². The molecule has 0 spiro atoms. The summed E-state index contributed by atoms with van der Waals surface area (Å²) >= 11 is 0. The number of esters is 1. The van der Waals surface area contributed by atoms with E-state index in [4.69, 9.17) is 4.74 Å². The van der Waals surface area contributed by atoms with Crippen LogP contribution < -0.4 is 4.74 Å². The average Bonchev–Trinajstić information content (AvgIpc) is 2.45. The molecule has 0 radical (unpaired) electrons. The maximum atomic E-state index is 13.5. The molecule has 0 amide bonds. The van der Waals surface area contributed by atoms with Gasteiger partial charge in [-0.1, -0.05) is 30.3 Å². The lowest BCUT2D eigenvalue weighted by Gasteiger charge is -2.08. The number of benzene rings is 2. The quantitative estimate of drug-likeness (QED) is 0.786. The van der Waals surface area contributed by atoms with E-state index in [1.54, 1.807) is 6.07 Å². The van der Waals surface area contributed by atoms with Crippen molar-refractivity contribution in [3.8, 4) is 5.75 Å². The van der Waals surface area contributed by atoms with E-state index in [-0.39, 0.29) is 6.42 Å². The highest BCUT2D eigenvalue weighted by atomic mass is 19.1. The summed E-state index contributed by atoms with van der Waals surface area (Å²) < 4.78 is 23.6. The summed E-state index contributed by atoms with van der Waals surface area (Å²) in [5, 5.41) is 0. The molecule has 0 bridgehead atoms. The Hall–Kier alpha value is -2.36. The Balaban J connectivity index is 2.06. The molecule has 3 nitrogen and oxygen atoms in total. The molecule has 20 heavy (non-hydrogen) atoms. The Bertz CT molecular complexity index is 582. The van der Waals surface area contributed by atoms with Crippen LogP contribution in [0.5, 0.6) is 5.75 Å². The van der Waals surface area contributed by atoms with Crippen LogP contribution in [0.25, 0.3) is 0 Å². The first kappa shape index (κ1) is 14.1. The Kier molecular flexibility index (Phi) is 4.71. The molecule has 0 N–H and O–H groups in total. The van der Waals surface area contributed by atoms with Gasteiger partial charge < -0.3 is 9.47 Å². The number of carbonyl (C=O) groups excluding carboxylic acids is 1. The predicted molar refractivity (Wildman–Crippen MR) is 72.9 cm³/mol. The van der Waals surface area contributed by atoms with Crippen molar-refractivity contribution in [1.82, 2.24) is 0 Å². The van der Waals surface area contributed by atoms with Crippen LogP contribution in [-0.2, 0) is 22.6 Å². The molecule has 0 aliphatic carbocycles. The zero-order chi connectivity index (χ0) is 14.4. The summed E-state index contributed by atoms with van der Waals surface area (Å²) in [6, 6.07) is 13.8. The minimum absolute atomic E-state index is 0.0238. The molecule has 0 aliphatic rings. The van der Waals surface area contributed by atoms with Gasteiger partial charge in [0.1, 0.15) is 18.2 Å². The van der Waals surface area contributed by atoms with Crippen LogP contribution in [-0.4, -0.2) is 13.1 Å². The molecule has 0 aliphatic heterocycles. The Morgan fingerprint density at radius 3 is 2.55 bits per heavy atom. The molecule has 0 atom stereocenters. The van der Waals surface area contributed by atoms with Crippen molar-refractivity contribution in [2.24, 2.45) is 0 Å². The minimum Gasteiger partial charge on any atom is -0.489 e. The molecule has 0 heterocycles. The zero-order valence-electron chi connectivity index (χ0n) is 11.1. The largest absolute Gasteiger partial charge is 0.489 e. The van der Waals surface area contributed by atoms with Gasteiger partial charge in [-0.2, -0.15) is 0 Å².